The second-order valence-electron chi connectivity index (χ2n) is 8.01. The number of hydrogen-bond acceptors (Lipinski definition) is 2. The number of fused-ring (bicyclic) bond motifs is 1. The zero-order valence-corrected chi connectivity index (χ0v) is 19.8. The smallest absolute Gasteiger partial charge is 0.129 e. The van der Waals surface area contributed by atoms with Crippen LogP contribution in [0.1, 0.15) is 31.0 Å². The molecular weight excluding hydrogens is 495 g/mol. The number of nitrogens with zero attached hydrogens (tertiary/aromatic N) is 2. The van der Waals surface area contributed by atoms with Gasteiger partial charge in [-0.15, -0.1) is 0 Å². The summed E-state index contributed by atoms with van der Waals surface area (Å²) in [6.07, 6.45) is 3.71. The molecule has 154 valence electrons. The number of likely N-dealkylation sites (tertiary alicyclic amines) is 1. The summed E-state index contributed by atoms with van der Waals surface area (Å²) in [4.78, 5) is 2.63. The quantitative estimate of drug-likeness (QED) is 0.259. The van der Waals surface area contributed by atoms with Crippen LogP contribution in [-0.2, 0) is 17.6 Å². The number of alkyl halides is 1. The minimum atomic E-state index is 0.575. The van der Waals surface area contributed by atoms with Gasteiger partial charge in [-0.3, -0.25) is 0 Å². The van der Waals surface area contributed by atoms with Crippen molar-refractivity contribution in [1.29, 1.82) is 0 Å². The Balaban J connectivity index is 1.58. The highest BCUT2D eigenvalue weighted by molar-refractivity contribution is 14.1. The average molecular weight is 523 g/mol. The van der Waals surface area contributed by atoms with Crippen molar-refractivity contribution in [3.8, 4) is 5.75 Å². The third kappa shape index (κ3) is 4.92. The second kappa shape index (κ2) is 9.71. The maximum absolute atomic E-state index is 6.17. The van der Waals surface area contributed by atoms with Crippen LogP contribution in [0.15, 0.2) is 48.5 Å². The number of aromatic nitrogens is 1. The van der Waals surface area contributed by atoms with Crippen molar-refractivity contribution in [2.24, 2.45) is 5.92 Å². The third-order valence-corrected chi connectivity index (χ3v) is 6.99. The van der Waals surface area contributed by atoms with Gasteiger partial charge in [-0.1, -0.05) is 59.3 Å². The van der Waals surface area contributed by atoms with E-state index in [-0.39, 0.29) is 0 Å². The number of benzene rings is 2. The lowest BCUT2D eigenvalue weighted by Gasteiger charge is -2.30. The molecule has 0 unspecified atom stereocenters. The molecule has 4 rings (SSSR count). The summed E-state index contributed by atoms with van der Waals surface area (Å²) >= 11 is 8.47. The van der Waals surface area contributed by atoms with E-state index in [4.69, 9.17) is 16.3 Å². The van der Waals surface area contributed by atoms with Crippen LogP contribution in [0.3, 0.4) is 0 Å². The molecule has 0 spiro atoms. The van der Waals surface area contributed by atoms with E-state index in [1.165, 1.54) is 48.1 Å². The molecule has 0 aliphatic carbocycles. The van der Waals surface area contributed by atoms with E-state index in [0.29, 0.717) is 6.61 Å². The highest BCUT2D eigenvalue weighted by Crippen LogP contribution is 2.30. The summed E-state index contributed by atoms with van der Waals surface area (Å²) < 4.78 is 9.49. The van der Waals surface area contributed by atoms with Crippen LogP contribution in [0.4, 0.5) is 0 Å². The molecule has 29 heavy (non-hydrogen) atoms. The first kappa shape index (κ1) is 21.0. The van der Waals surface area contributed by atoms with Gasteiger partial charge in [-0.25, -0.2) is 0 Å². The minimum absolute atomic E-state index is 0.575. The summed E-state index contributed by atoms with van der Waals surface area (Å²) in [5, 5.41) is 2.10. The molecule has 2 heterocycles. The summed E-state index contributed by atoms with van der Waals surface area (Å²) in [6, 6.07) is 16.4. The Bertz CT molecular complexity index is 945. The molecule has 1 saturated heterocycles. The Morgan fingerprint density at radius 1 is 1.07 bits per heavy atom. The number of halogens is 2. The topological polar surface area (TPSA) is 17.4 Å². The number of para-hydroxylation sites is 1. The minimum Gasteiger partial charge on any atom is -0.487 e. The van der Waals surface area contributed by atoms with Gasteiger partial charge in [-0.2, -0.15) is 0 Å². The standard InChI is InChI=1S/C24H28ClIN2O/c1-18-10-13-27(14-11-18)15-12-22-21-4-2-3-5-23(21)28(17-26)24(22)16-29-20-8-6-19(25)7-9-20/h2-9,18H,10-17H2,1H3. The molecular formula is C24H28ClIN2O. The van der Waals surface area contributed by atoms with Crippen LogP contribution in [0.25, 0.3) is 10.9 Å². The molecule has 1 aliphatic heterocycles. The van der Waals surface area contributed by atoms with E-state index in [0.717, 1.165) is 34.2 Å². The summed E-state index contributed by atoms with van der Waals surface area (Å²) in [7, 11) is 0. The predicted octanol–water partition coefficient (Wildman–Crippen LogP) is 6.54. The first-order valence-electron chi connectivity index (χ1n) is 10.4. The lowest BCUT2D eigenvalue weighted by atomic mass is 9.98. The molecule has 0 N–H and O–H groups in total. The van der Waals surface area contributed by atoms with Gasteiger partial charge >= 0.3 is 0 Å². The van der Waals surface area contributed by atoms with Crippen molar-refractivity contribution in [3.05, 3.63) is 64.8 Å². The molecule has 0 saturated carbocycles. The molecule has 1 aliphatic rings. The molecule has 3 aromatic rings. The maximum atomic E-state index is 6.17. The van der Waals surface area contributed by atoms with Crippen molar-refractivity contribution in [1.82, 2.24) is 9.47 Å². The molecule has 1 fully saturated rings. The predicted molar refractivity (Wildman–Crippen MR) is 130 cm³/mol. The molecule has 0 atom stereocenters. The lowest BCUT2D eigenvalue weighted by Crippen LogP contribution is -2.34. The Labute approximate surface area is 192 Å². The average Bonchev–Trinajstić information content (AvgIpc) is 3.05. The van der Waals surface area contributed by atoms with Crippen molar-refractivity contribution >= 4 is 45.1 Å². The van der Waals surface area contributed by atoms with Crippen molar-refractivity contribution in [2.45, 2.75) is 37.3 Å². The molecule has 1 aromatic heterocycles. The fourth-order valence-corrected chi connectivity index (χ4v) is 5.15. The Kier molecular flexibility index (Phi) is 7.04. The van der Waals surface area contributed by atoms with Gasteiger partial charge in [0.25, 0.3) is 0 Å². The number of rotatable bonds is 7. The zero-order valence-electron chi connectivity index (χ0n) is 16.9. The summed E-state index contributed by atoms with van der Waals surface area (Å²) in [5.41, 5.74) is 4.03. The largest absolute Gasteiger partial charge is 0.487 e. The van der Waals surface area contributed by atoms with Crippen LogP contribution < -0.4 is 4.74 Å². The number of piperidine rings is 1. The van der Waals surface area contributed by atoms with Crippen LogP contribution in [0.2, 0.25) is 5.02 Å². The fraction of sp³-hybridized carbons (Fsp3) is 0.417. The molecule has 0 bridgehead atoms. The molecule has 3 nitrogen and oxygen atoms in total. The third-order valence-electron chi connectivity index (χ3n) is 6.06. The molecule has 5 heteroatoms. The normalized spacial score (nSPS) is 15.8. The monoisotopic (exact) mass is 522 g/mol. The highest BCUT2D eigenvalue weighted by Gasteiger charge is 2.20. The number of hydrogen-bond donors (Lipinski definition) is 0. The van der Waals surface area contributed by atoms with Crippen LogP contribution in [-0.4, -0.2) is 29.1 Å². The van der Waals surface area contributed by atoms with Crippen LogP contribution in [0, 0.1) is 5.92 Å². The SMILES string of the molecule is CC1CCN(CCc2c(COc3ccc(Cl)cc3)n(CI)c3ccccc23)CC1. The summed E-state index contributed by atoms with van der Waals surface area (Å²) in [5.74, 6) is 1.73. The van der Waals surface area contributed by atoms with Crippen LogP contribution in [0.5, 0.6) is 5.75 Å². The van der Waals surface area contributed by atoms with Gasteiger partial charge < -0.3 is 14.2 Å². The second-order valence-corrected chi connectivity index (χ2v) is 9.13. The van der Waals surface area contributed by atoms with Gasteiger partial charge in [0.2, 0.25) is 0 Å². The van der Waals surface area contributed by atoms with Crippen molar-refractivity contribution < 1.29 is 4.74 Å². The van der Waals surface area contributed by atoms with Gasteiger partial charge in [0.05, 0.1) is 10.2 Å². The van der Waals surface area contributed by atoms with E-state index < -0.39 is 0 Å². The van der Waals surface area contributed by atoms with Crippen molar-refractivity contribution in [3.63, 3.8) is 0 Å². The van der Waals surface area contributed by atoms with Gasteiger partial charge in [-0.05, 0) is 74.2 Å². The molecule has 2 aromatic carbocycles. The lowest BCUT2D eigenvalue weighted by molar-refractivity contribution is 0.194. The Morgan fingerprint density at radius 2 is 1.79 bits per heavy atom. The zero-order chi connectivity index (χ0) is 20.2. The molecule has 0 radical (unpaired) electrons. The highest BCUT2D eigenvalue weighted by atomic mass is 127. The first-order chi connectivity index (χ1) is 14.2. The Morgan fingerprint density at radius 3 is 2.52 bits per heavy atom. The number of ether oxygens (including phenoxy) is 1. The Hall–Kier alpha value is -1.24. The van der Waals surface area contributed by atoms with E-state index in [1.807, 2.05) is 24.3 Å². The van der Waals surface area contributed by atoms with Crippen LogP contribution >= 0.6 is 34.2 Å². The van der Waals surface area contributed by atoms with E-state index in [9.17, 15) is 0 Å². The van der Waals surface area contributed by atoms with Gasteiger partial charge in [0.1, 0.15) is 12.4 Å². The molecule has 0 amide bonds. The van der Waals surface area contributed by atoms with Gasteiger partial charge in [0, 0.05) is 22.5 Å². The van der Waals surface area contributed by atoms with E-state index >= 15 is 0 Å². The van der Waals surface area contributed by atoms with Gasteiger partial charge in [0.15, 0.2) is 0 Å². The van der Waals surface area contributed by atoms with E-state index in [1.54, 1.807) is 0 Å². The summed E-state index contributed by atoms with van der Waals surface area (Å²) in [6.45, 7) is 6.52. The first-order valence-corrected chi connectivity index (χ1v) is 12.3. The maximum Gasteiger partial charge on any atom is 0.129 e. The van der Waals surface area contributed by atoms with Crippen molar-refractivity contribution in [2.75, 3.05) is 19.6 Å². The van der Waals surface area contributed by atoms with E-state index in [2.05, 4.69) is 63.2 Å². The fourth-order valence-electron chi connectivity index (χ4n) is 4.25.